The minimum atomic E-state index is -0.192. The molecule has 1 fully saturated rings. The average Bonchev–Trinajstić information content (AvgIpc) is 2.93. The number of hydrogen-bond acceptors (Lipinski definition) is 4. The molecule has 1 amide bonds. The summed E-state index contributed by atoms with van der Waals surface area (Å²) in [6, 6.07) is 7.56. The molecule has 3 rings (SSSR count). The minimum absolute atomic E-state index is 0.0107. The monoisotopic (exact) mass is 320 g/mol. The maximum atomic E-state index is 12.4. The zero-order valence-corrected chi connectivity index (χ0v) is 13.0. The summed E-state index contributed by atoms with van der Waals surface area (Å²) in [5.74, 6) is 1.17. The van der Waals surface area contributed by atoms with Crippen molar-refractivity contribution in [3.63, 3.8) is 0 Å². The van der Waals surface area contributed by atoms with E-state index in [1.807, 2.05) is 24.3 Å². The molecule has 1 unspecified atom stereocenters. The van der Waals surface area contributed by atoms with Crippen LogP contribution >= 0.6 is 11.6 Å². The first-order valence-electron chi connectivity index (χ1n) is 7.18. The second kappa shape index (κ2) is 6.50. The fraction of sp³-hybridized carbons (Fsp3) is 0.375. The molecule has 0 N–H and O–H groups in total. The van der Waals surface area contributed by atoms with Gasteiger partial charge in [0.15, 0.2) is 5.89 Å². The summed E-state index contributed by atoms with van der Waals surface area (Å²) in [5, 5.41) is 0.660. The van der Waals surface area contributed by atoms with Gasteiger partial charge in [-0.15, -0.1) is 0 Å². The van der Waals surface area contributed by atoms with E-state index in [0.717, 1.165) is 5.56 Å². The Kier molecular flexibility index (Phi) is 4.45. The van der Waals surface area contributed by atoms with Crippen molar-refractivity contribution in [3.8, 4) is 0 Å². The van der Waals surface area contributed by atoms with Gasteiger partial charge in [-0.25, -0.2) is 4.98 Å². The van der Waals surface area contributed by atoms with Crippen LogP contribution in [0.15, 0.2) is 34.9 Å². The molecule has 22 heavy (non-hydrogen) atoms. The van der Waals surface area contributed by atoms with E-state index in [1.54, 1.807) is 18.0 Å². The molecule has 1 saturated heterocycles. The fourth-order valence-corrected chi connectivity index (χ4v) is 2.81. The van der Waals surface area contributed by atoms with Crippen LogP contribution in [0.3, 0.4) is 0 Å². The topological polar surface area (TPSA) is 55.6 Å². The molecule has 0 radical (unpaired) electrons. The number of rotatable bonds is 3. The predicted molar refractivity (Wildman–Crippen MR) is 81.7 cm³/mol. The van der Waals surface area contributed by atoms with E-state index in [-0.39, 0.29) is 18.4 Å². The van der Waals surface area contributed by atoms with Crippen molar-refractivity contribution >= 4 is 17.5 Å². The number of amides is 1. The third-order valence-electron chi connectivity index (χ3n) is 3.67. The predicted octanol–water partition coefficient (Wildman–Crippen LogP) is 2.78. The molecule has 0 spiro atoms. The molecule has 1 atom stereocenters. The Bertz CT molecular complexity index is 671. The van der Waals surface area contributed by atoms with Crippen LogP contribution in [0.5, 0.6) is 0 Å². The van der Waals surface area contributed by atoms with Crippen molar-refractivity contribution in [1.29, 1.82) is 0 Å². The maximum absolute atomic E-state index is 12.4. The Labute approximate surface area is 133 Å². The highest BCUT2D eigenvalue weighted by Crippen LogP contribution is 2.28. The summed E-state index contributed by atoms with van der Waals surface area (Å²) >= 11 is 6.21. The van der Waals surface area contributed by atoms with Crippen molar-refractivity contribution < 1.29 is 13.9 Å². The van der Waals surface area contributed by atoms with Crippen LogP contribution in [0.1, 0.15) is 23.3 Å². The van der Waals surface area contributed by atoms with Gasteiger partial charge in [0.2, 0.25) is 5.91 Å². The first kappa shape index (κ1) is 15.1. The van der Waals surface area contributed by atoms with Gasteiger partial charge in [0.1, 0.15) is 11.9 Å². The van der Waals surface area contributed by atoms with Gasteiger partial charge < -0.3 is 14.1 Å². The SMILES string of the molecule is Cc1ncc(CC(=O)N2CCOC(c3ccccc3Cl)C2)o1. The van der Waals surface area contributed by atoms with Crippen molar-refractivity contribution in [2.45, 2.75) is 19.4 Å². The molecule has 0 saturated carbocycles. The molecule has 1 aliphatic heterocycles. The summed E-state index contributed by atoms with van der Waals surface area (Å²) in [6.07, 6.45) is 1.62. The number of hydrogen-bond donors (Lipinski definition) is 0. The van der Waals surface area contributed by atoms with E-state index in [4.69, 9.17) is 20.8 Å². The lowest BCUT2D eigenvalue weighted by atomic mass is 10.1. The lowest BCUT2D eigenvalue weighted by Gasteiger charge is -2.33. The molecule has 5 nitrogen and oxygen atoms in total. The number of benzene rings is 1. The van der Waals surface area contributed by atoms with Crippen molar-refractivity contribution in [3.05, 3.63) is 52.7 Å². The third kappa shape index (κ3) is 3.31. The quantitative estimate of drug-likeness (QED) is 0.872. The average molecular weight is 321 g/mol. The summed E-state index contributed by atoms with van der Waals surface area (Å²) in [7, 11) is 0. The smallest absolute Gasteiger partial charge is 0.230 e. The normalized spacial score (nSPS) is 18.5. The first-order chi connectivity index (χ1) is 10.6. The third-order valence-corrected chi connectivity index (χ3v) is 4.01. The molecular weight excluding hydrogens is 304 g/mol. The Morgan fingerprint density at radius 2 is 2.27 bits per heavy atom. The van der Waals surface area contributed by atoms with Gasteiger partial charge in [0.05, 0.1) is 25.8 Å². The highest BCUT2D eigenvalue weighted by atomic mass is 35.5. The highest BCUT2D eigenvalue weighted by Gasteiger charge is 2.27. The van der Waals surface area contributed by atoms with Gasteiger partial charge in [0.25, 0.3) is 0 Å². The number of oxazole rings is 1. The summed E-state index contributed by atoms with van der Waals surface area (Å²) in [4.78, 5) is 18.2. The van der Waals surface area contributed by atoms with E-state index < -0.39 is 0 Å². The molecule has 0 aliphatic carbocycles. The standard InChI is InChI=1S/C16H17ClN2O3/c1-11-18-9-12(22-11)8-16(20)19-6-7-21-15(10-19)13-4-2-3-5-14(13)17/h2-5,9,15H,6-8,10H2,1H3. The van der Waals surface area contributed by atoms with Crippen LogP contribution in [-0.4, -0.2) is 35.5 Å². The molecule has 1 aromatic heterocycles. The van der Waals surface area contributed by atoms with Gasteiger partial charge in [-0.3, -0.25) is 4.79 Å². The zero-order chi connectivity index (χ0) is 15.5. The fourth-order valence-electron chi connectivity index (χ4n) is 2.55. The molecule has 2 aromatic rings. The lowest BCUT2D eigenvalue weighted by Crippen LogP contribution is -2.43. The summed E-state index contributed by atoms with van der Waals surface area (Å²) < 4.78 is 11.1. The number of ether oxygens (including phenoxy) is 1. The molecular formula is C16H17ClN2O3. The van der Waals surface area contributed by atoms with Gasteiger partial charge >= 0.3 is 0 Å². The molecule has 6 heteroatoms. The largest absolute Gasteiger partial charge is 0.446 e. The van der Waals surface area contributed by atoms with Crippen LogP contribution in [0.2, 0.25) is 5.02 Å². The van der Waals surface area contributed by atoms with E-state index in [1.165, 1.54) is 0 Å². The Hall–Kier alpha value is -1.85. The lowest BCUT2D eigenvalue weighted by molar-refractivity contribution is -0.138. The van der Waals surface area contributed by atoms with E-state index >= 15 is 0 Å². The van der Waals surface area contributed by atoms with E-state index in [9.17, 15) is 4.79 Å². The van der Waals surface area contributed by atoms with Crippen LogP contribution in [0.4, 0.5) is 0 Å². The number of carbonyl (C=O) groups is 1. The van der Waals surface area contributed by atoms with Crippen LogP contribution in [0.25, 0.3) is 0 Å². The Morgan fingerprint density at radius 1 is 1.45 bits per heavy atom. The first-order valence-corrected chi connectivity index (χ1v) is 7.56. The number of aromatic nitrogens is 1. The maximum Gasteiger partial charge on any atom is 0.230 e. The summed E-state index contributed by atoms with van der Waals surface area (Å²) in [5.41, 5.74) is 0.914. The number of halogens is 1. The second-order valence-corrected chi connectivity index (χ2v) is 5.65. The molecule has 0 bridgehead atoms. The summed E-state index contributed by atoms with van der Waals surface area (Å²) in [6.45, 7) is 3.33. The second-order valence-electron chi connectivity index (χ2n) is 5.24. The van der Waals surface area contributed by atoms with Crippen LogP contribution in [0, 0.1) is 6.92 Å². The van der Waals surface area contributed by atoms with Gasteiger partial charge in [-0.05, 0) is 6.07 Å². The Balaban J connectivity index is 1.67. The molecule has 1 aromatic carbocycles. The molecule has 116 valence electrons. The van der Waals surface area contributed by atoms with Gasteiger partial charge in [-0.2, -0.15) is 0 Å². The number of aryl methyl sites for hydroxylation is 1. The van der Waals surface area contributed by atoms with E-state index in [0.29, 0.717) is 36.4 Å². The highest BCUT2D eigenvalue weighted by molar-refractivity contribution is 6.31. The van der Waals surface area contributed by atoms with Crippen LogP contribution < -0.4 is 0 Å². The van der Waals surface area contributed by atoms with Crippen molar-refractivity contribution in [2.24, 2.45) is 0 Å². The number of nitrogens with zero attached hydrogens (tertiary/aromatic N) is 2. The molecule has 2 heterocycles. The molecule has 1 aliphatic rings. The Morgan fingerprint density at radius 3 is 3.00 bits per heavy atom. The minimum Gasteiger partial charge on any atom is -0.446 e. The van der Waals surface area contributed by atoms with Gasteiger partial charge in [0, 0.05) is 24.1 Å². The number of carbonyl (C=O) groups excluding carboxylic acids is 1. The van der Waals surface area contributed by atoms with Crippen molar-refractivity contribution in [1.82, 2.24) is 9.88 Å². The van der Waals surface area contributed by atoms with Crippen molar-refractivity contribution in [2.75, 3.05) is 19.7 Å². The number of morpholine rings is 1. The van der Waals surface area contributed by atoms with Gasteiger partial charge in [-0.1, -0.05) is 29.8 Å². The van der Waals surface area contributed by atoms with E-state index in [2.05, 4.69) is 4.98 Å². The zero-order valence-electron chi connectivity index (χ0n) is 12.3. The van der Waals surface area contributed by atoms with Crippen LogP contribution in [-0.2, 0) is 16.0 Å².